The van der Waals surface area contributed by atoms with Gasteiger partial charge in [0, 0.05) is 18.1 Å². The fraction of sp³-hybridized carbons (Fsp3) is 0.286. The molecule has 1 aromatic heterocycles. The minimum Gasteiger partial charge on any atom is -0.394 e. The Morgan fingerprint density at radius 2 is 2.16 bits per heavy atom. The first-order chi connectivity index (χ1) is 9.36. The number of ether oxygens (including phenoxy) is 1. The quantitative estimate of drug-likeness (QED) is 0.767. The number of para-hydroxylation sites is 1. The first kappa shape index (κ1) is 13.3. The summed E-state index contributed by atoms with van der Waals surface area (Å²) < 4.78 is 5.18. The Labute approximate surface area is 111 Å². The molecule has 0 unspecified atom stereocenters. The van der Waals surface area contributed by atoms with Crippen LogP contribution in [0, 0.1) is 11.3 Å². The van der Waals surface area contributed by atoms with E-state index in [1.807, 2.05) is 24.3 Å². The number of nitrogens with zero attached hydrogens (tertiary/aromatic N) is 2. The minimum atomic E-state index is 0.0155. The third kappa shape index (κ3) is 3.19. The topological polar surface area (TPSA) is 78.2 Å². The van der Waals surface area contributed by atoms with Crippen LogP contribution < -0.4 is 5.32 Å². The summed E-state index contributed by atoms with van der Waals surface area (Å²) in [5.74, 6) is 0. The van der Waals surface area contributed by atoms with Gasteiger partial charge in [-0.15, -0.1) is 0 Å². The molecule has 2 N–H and O–H groups in total. The van der Waals surface area contributed by atoms with Crippen molar-refractivity contribution in [2.45, 2.75) is 0 Å². The zero-order valence-corrected chi connectivity index (χ0v) is 10.5. The van der Waals surface area contributed by atoms with Gasteiger partial charge in [0.1, 0.15) is 6.07 Å². The number of aliphatic hydroxyl groups excluding tert-OH is 1. The molecule has 19 heavy (non-hydrogen) atoms. The van der Waals surface area contributed by atoms with Gasteiger partial charge in [-0.25, -0.2) is 0 Å². The van der Waals surface area contributed by atoms with E-state index in [1.54, 1.807) is 6.20 Å². The average Bonchev–Trinajstić information content (AvgIpc) is 2.47. The Balaban J connectivity index is 2.17. The van der Waals surface area contributed by atoms with E-state index in [4.69, 9.17) is 15.1 Å². The fourth-order valence-electron chi connectivity index (χ4n) is 1.83. The molecule has 0 spiro atoms. The highest BCUT2D eigenvalue weighted by molar-refractivity contribution is 5.93. The van der Waals surface area contributed by atoms with Crippen LogP contribution in [0.5, 0.6) is 0 Å². The van der Waals surface area contributed by atoms with Crippen molar-refractivity contribution < 1.29 is 9.84 Å². The molecule has 0 saturated carbocycles. The molecule has 0 aliphatic rings. The van der Waals surface area contributed by atoms with Gasteiger partial charge in [-0.3, -0.25) is 4.98 Å². The number of aliphatic hydroxyl groups is 1. The summed E-state index contributed by atoms with van der Waals surface area (Å²) >= 11 is 0. The van der Waals surface area contributed by atoms with Crippen LogP contribution in [0.4, 0.5) is 5.69 Å². The van der Waals surface area contributed by atoms with Crippen molar-refractivity contribution in [3.63, 3.8) is 0 Å². The molecule has 0 saturated heterocycles. The maximum atomic E-state index is 9.12. The number of aromatic nitrogens is 1. The second kappa shape index (κ2) is 6.69. The van der Waals surface area contributed by atoms with Crippen LogP contribution in [0.1, 0.15) is 5.56 Å². The zero-order chi connectivity index (χ0) is 13.5. The number of nitriles is 1. The van der Waals surface area contributed by atoms with E-state index in [9.17, 15) is 0 Å². The lowest BCUT2D eigenvalue weighted by molar-refractivity contribution is 0.0992. The number of hydrogen-bond acceptors (Lipinski definition) is 5. The zero-order valence-electron chi connectivity index (χ0n) is 10.5. The summed E-state index contributed by atoms with van der Waals surface area (Å²) in [4.78, 5) is 4.24. The van der Waals surface area contributed by atoms with Gasteiger partial charge < -0.3 is 15.2 Å². The van der Waals surface area contributed by atoms with Crippen LogP contribution in [-0.2, 0) is 4.74 Å². The van der Waals surface area contributed by atoms with Crippen LogP contribution in [0.25, 0.3) is 10.9 Å². The molecular weight excluding hydrogens is 242 g/mol. The van der Waals surface area contributed by atoms with Gasteiger partial charge >= 0.3 is 0 Å². The third-order valence-electron chi connectivity index (χ3n) is 2.68. The smallest absolute Gasteiger partial charge is 0.103 e. The molecule has 5 heteroatoms. The number of benzene rings is 1. The molecule has 1 aromatic carbocycles. The van der Waals surface area contributed by atoms with Crippen molar-refractivity contribution in [2.75, 3.05) is 31.7 Å². The van der Waals surface area contributed by atoms with E-state index < -0.39 is 0 Å². The number of hydrogen-bond donors (Lipinski definition) is 2. The number of pyridine rings is 1. The average molecular weight is 257 g/mol. The van der Waals surface area contributed by atoms with Gasteiger partial charge in [0.15, 0.2) is 0 Å². The molecule has 0 bridgehead atoms. The molecule has 0 aliphatic heterocycles. The summed E-state index contributed by atoms with van der Waals surface area (Å²) in [6, 6.07) is 9.80. The fourth-order valence-corrected chi connectivity index (χ4v) is 1.83. The van der Waals surface area contributed by atoms with Crippen LogP contribution in [-0.4, -0.2) is 36.5 Å². The standard InChI is InChI=1S/C14H15N3O2/c15-9-11-10-17-13-4-2-1-3-12(13)14(11)16-5-7-19-8-6-18/h1-4,10,18H,5-8H2,(H,16,17). The Bertz CT molecular complexity index is 593. The highest BCUT2D eigenvalue weighted by Gasteiger charge is 2.07. The van der Waals surface area contributed by atoms with Crippen molar-refractivity contribution >= 4 is 16.6 Å². The maximum absolute atomic E-state index is 9.12. The van der Waals surface area contributed by atoms with Crippen LogP contribution >= 0.6 is 0 Å². The Morgan fingerprint density at radius 3 is 2.95 bits per heavy atom. The van der Waals surface area contributed by atoms with Gasteiger partial charge in [0.05, 0.1) is 36.6 Å². The van der Waals surface area contributed by atoms with Crippen molar-refractivity contribution in [1.82, 2.24) is 4.98 Å². The Morgan fingerprint density at radius 1 is 1.32 bits per heavy atom. The molecule has 2 rings (SSSR count). The van der Waals surface area contributed by atoms with Crippen LogP contribution in [0.15, 0.2) is 30.5 Å². The van der Waals surface area contributed by atoms with Crippen LogP contribution in [0.2, 0.25) is 0 Å². The molecule has 0 radical (unpaired) electrons. The van der Waals surface area contributed by atoms with Crippen LogP contribution in [0.3, 0.4) is 0 Å². The molecule has 0 fully saturated rings. The summed E-state index contributed by atoms with van der Waals surface area (Å²) in [6.07, 6.45) is 1.57. The summed E-state index contributed by atoms with van der Waals surface area (Å²) in [7, 11) is 0. The van der Waals surface area contributed by atoms with E-state index >= 15 is 0 Å². The molecular formula is C14H15N3O2. The largest absolute Gasteiger partial charge is 0.394 e. The first-order valence-corrected chi connectivity index (χ1v) is 6.07. The lowest BCUT2D eigenvalue weighted by atomic mass is 10.1. The summed E-state index contributed by atoms with van der Waals surface area (Å²) in [6.45, 7) is 1.39. The van der Waals surface area contributed by atoms with Gasteiger partial charge in [0.2, 0.25) is 0 Å². The molecule has 0 atom stereocenters. The molecule has 0 aliphatic carbocycles. The normalized spacial score (nSPS) is 10.3. The van der Waals surface area contributed by atoms with E-state index in [-0.39, 0.29) is 6.61 Å². The predicted octanol–water partition coefficient (Wildman–Crippen LogP) is 1.53. The first-order valence-electron chi connectivity index (χ1n) is 6.07. The minimum absolute atomic E-state index is 0.0155. The summed E-state index contributed by atoms with van der Waals surface area (Å²) in [5, 5.41) is 21.9. The van der Waals surface area contributed by atoms with Gasteiger partial charge in [-0.1, -0.05) is 18.2 Å². The molecule has 98 valence electrons. The number of fused-ring (bicyclic) bond motifs is 1. The lowest BCUT2D eigenvalue weighted by Gasteiger charge is -2.11. The highest BCUT2D eigenvalue weighted by Crippen LogP contribution is 2.24. The Hall–Kier alpha value is -2.16. The Kier molecular flexibility index (Phi) is 4.67. The summed E-state index contributed by atoms with van der Waals surface area (Å²) in [5.41, 5.74) is 2.14. The third-order valence-corrected chi connectivity index (χ3v) is 2.68. The number of anilines is 1. The highest BCUT2D eigenvalue weighted by atomic mass is 16.5. The van der Waals surface area contributed by atoms with Crippen molar-refractivity contribution in [3.05, 3.63) is 36.0 Å². The second-order valence-electron chi connectivity index (χ2n) is 3.94. The van der Waals surface area contributed by atoms with Gasteiger partial charge in [-0.2, -0.15) is 5.26 Å². The monoisotopic (exact) mass is 257 g/mol. The SMILES string of the molecule is N#Cc1cnc2ccccc2c1NCCOCCO. The van der Waals surface area contributed by atoms with Crippen molar-refractivity contribution in [3.8, 4) is 6.07 Å². The molecule has 2 aromatic rings. The van der Waals surface area contributed by atoms with E-state index in [1.165, 1.54) is 0 Å². The molecule has 1 heterocycles. The predicted molar refractivity (Wildman–Crippen MR) is 72.9 cm³/mol. The van der Waals surface area contributed by atoms with Gasteiger partial charge in [0.25, 0.3) is 0 Å². The lowest BCUT2D eigenvalue weighted by Crippen LogP contribution is -2.12. The number of nitrogens with one attached hydrogen (secondary N) is 1. The molecule has 5 nitrogen and oxygen atoms in total. The second-order valence-corrected chi connectivity index (χ2v) is 3.94. The molecule has 0 amide bonds. The van der Waals surface area contributed by atoms with E-state index in [0.29, 0.717) is 25.3 Å². The number of rotatable bonds is 6. The van der Waals surface area contributed by atoms with Crippen molar-refractivity contribution in [1.29, 1.82) is 5.26 Å². The van der Waals surface area contributed by atoms with E-state index in [0.717, 1.165) is 16.6 Å². The van der Waals surface area contributed by atoms with Gasteiger partial charge in [-0.05, 0) is 6.07 Å². The van der Waals surface area contributed by atoms with E-state index in [2.05, 4.69) is 16.4 Å². The van der Waals surface area contributed by atoms with Crippen molar-refractivity contribution in [2.24, 2.45) is 0 Å². The maximum Gasteiger partial charge on any atom is 0.103 e.